The summed E-state index contributed by atoms with van der Waals surface area (Å²) in [4.78, 5) is 26.4. The predicted molar refractivity (Wildman–Crippen MR) is 93.4 cm³/mol. The molecule has 1 aliphatic rings. The molecule has 0 spiro atoms. The second-order valence-electron chi connectivity index (χ2n) is 5.99. The summed E-state index contributed by atoms with van der Waals surface area (Å²) < 4.78 is 5.12. The van der Waals surface area contributed by atoms with Crippen LogP contribution in [0.25, 0.3) is 0 Å². The van der Waals surface area contributed by atoms with Crippen molar-refractivity contribution in [2.24, 2.45) is 0 Å². The van der Waals surface area contributed by atoms with E-state index in [0.29, 0.717) is 5.69 Å². The highest BCUT2D eigenvalue weighted by Crippen LogP contribution is 2.28. The monoisotopic (exact) mass is 324 g/mol. The van der Waals surface area contributed by atoms with Crippen LogP contribution in [0.5, 0.6) is 5.75 Å². The van der Waals surface area contributed by atoms with Crippen LogP contribution >= 0.6 is 0 Å². The maximum Gasteiger partial charge on any atom is 0.256 e. The highest BCUT2D eigenvalue weighted by atomic mass is 16.5. The van der Waals surface area contributed by atoms with E-state index < -0.39 is 6.04 Å². The van der Waals surface area contributed by atoms with Crippen molar-refractivity contribution in [3.05, 3.63) is 53.6 Å². The number of imide groups is 1. The van der Waals surface area contributed by atoms with E-state index in [0.717, 1.165) is 22.6 Å². The lowest BCUT2D eigenvalue weighted by molar-refractivity contribution is -0.121. The Balaban J connectivity index is 1.80. The van der Waals surface area contributed by atoms with Gasteiger partial charge in [-0.3, -0.25) is 9.59 Å². The van der Waals surface area contributed by atoms with E-state index in [-0.39, 0.29) is 18.2 Å². The summed E-state index contributed by atoms with van der Waals surface area (Å²) >= 11 is 0. The minimum atomic E-state index is -0.549. The lowest BCUT2D eigenvalue weighted by Crippen LogP contribution is -2.35. The third kappa shape index (κ3) is 2.97. The number of ether oxygens (including phenoxy) is 1. The number of rotatable bonds is 4. The number of aryl methyl sites for hydroxylation is 2. The van der Waals surface area contributed by atoms with E-state index in [1.54, 1.807) is 7.11 Å². The van der Waals surface area contributed by atoms with Crippen molar-refractivity contribution in [3.63, 3.8) is 0 Å². The fourth-order valence-electron chi connectivity index (χ4n) is 2.94. The van der Waals surface area contributed by atoms with Crippen molar-refractivity contribution >= 4 is 23.2 Å². The first-order valence-electron chi connectivity index (χ1n) is 7.84. The molecule has 1 saturated heterocycles. The number of hydrogen-bond acceptors (Lipinski definition) is 4. The third-order valence-corrected chi connectivity index (χ3v) is 4.17. The lowest BCUT2D eigenvalue weighted by Gasteiger charge is -2.18. The van der Waals surface area contributed by atoms with E-state index in [2.05, 4.69) is 5.32 Å². The van der Waals surface area contributed by atoms with Gasteiger partial charge < -0.3 is 10.1 Å². The zero-order chi connectivity index (χ0) is 17.3. The van der Waals surface area contributed by atoms with Gasteiger partial charge in [0.2, 0.25) is 5.91 Å². The highest BCUT2D eigenvalue weighted by molar-refractivity contribution is 6.23. The average Bonchev–Trinajstić information content (AvgIpc) is 2.83. The smallest absolute Gasteiger partial charge is 0.256 e. The van der Waals surface area contributed by atoms with Crippen LogP contribution in [0.1, 0.15) is 17.5 Å². The SMILES string of the molecule is COc1ccc(N[C@H]2CC(=O)N(c3ccc(C)cc3C)C2=O)cc1. The van der Waals surface area contributed by atoms with Crippen molar-refractivity contribution in [2.75, 3.05) is 17.3 Å². The Bertz CT molecular complexity index is 784. The van der Waals surface area contributed by atoms with Gasteiger partial charge in [0.15, 0.2) is 0 Å². The predicted octanol–water partition coefficient (Wildman–Crippen LogP) is 3.06. The number of nitrogens with one attached hydrogen (secondary N) is 1. The molecule has 0 unspecified atom stereocenters. The van der Waals surface area contributed by atoms with E-state index in [9.17, 15) is 9.59 Å². The van der Waals surface area contributed by atoms with Crippen LogP contribution in [0, 0.1) is 13.8 Å². The first kappa shape index (κ1) is 16.1. The van der Waals surface area contributed by atoms with Gasteiger partial charge in [-0.15, -0.1) is 0 Å². The summed E-state index contributed by atoms with van der Waals surface area (Å²) in [6.07, 6.45) is 0.151. The Morgan fingerprint density at radius 1 is 1.08 bits per heavy atom. The van der Waals surface area contributed by atoms with Gasteiger partial charge in [0.05, 0.1) is 19.2 Å². The number of methoxy groups -OCH3 is 1. The molecule has 5 nitrogen and oxygen atoms in total. The average molecular weight is 324 g/mol. The maximum atomic E-state index is 12.7. The highest BCUT2D eigenvalue weighted by Gasteiger charge is 2.40. The van der Waals surface area contributed by atoms with Crippen molar-refractivity contribution < 1.29 is 14.3 Å². The quantitative estimate of drug-likeness (QED) is 0.878. The summed E-state index contributed by atoms with van der Waals surface area (Å²) in [5.41, 5.74) is 3.46. The first-order valence-corrected chi connectivity index (χ1v) is 7.84. The molecule has 0 aliphatic carbocycles. The van der Waals surface area contributed by atoms with Crippen LogP contribution in [0.4, 0.5) is 11.4 Å². The van der Waals surface area contributed by atoms with E-state index in [1.807, 2.05) is 56.3 Å². The summed E-state index contributed by atoms with van der Waals surface area (Å²) in [5, 5.41) is 3.14. The molecular formula is C19H20N2O3. The van der Waals surface area contributed by atoms with E-state index in [4.69, 9.17) is 4.74 Å². The fourth-order valence-corrected chi connectivity index (χ4v) is 2.94. The molecule has 3 rings (SSSR count). The molecule has 1 aliphatic heterocycles. The fraction of sp³-hybridized carbons (Fsp3) is 0.263. The molecule has 1 atom stereocenters. The van der Waals surface area contributed by atoms with E-state index in [1.165, 1.54) is 4.90 Å². The van der Waals surface area contributed by atoms with Crippen molar-refractivity contribution in [1.82, 2.24) is 0 Å². The normalized spacial score (nSPS) is 17.3. The molecular weight excluding hydrogens is 304 g/mol. The zero-order valence-corrected chi connectivity index (χ0v) is 14.0. The molecule has 1 fully saturated rings. The Kier molecular flexibility index (Phi) is 4.25. The molecule has 2 amide bonds. The van der Waals surface area contributed by atoms with Crippen LogP contribution in [0.3, 0.4) is 0 Å². The van der Waals surface area contributed by atoms with Crippen molar-refractivity contribution in [3.8, 4) is 5.75 Å². The van der Waals surface area contributed by atoms with Crippen LogP contribution in [0.2, 0.25) is 0 Å². The molecule has 0 bridgehead atoms. The number of carbonyl (C=O) groups excluding carboxylic acids is 2. The maximum absolute atomic E-state index is 12.7. The van der Waals surface area contributed by atoms with Crippen LogP contribution in [0.15, 0.2) is 42.5 Å². The third-order valence-electron chi connectivity index (χ3n) is 4.17. The van der Waals surface area contributed by atoms with Crippen LogP contribution in [-0.4, -0.2) is 25.0 Å². The largest absolute Gasteiger partial charge is 0.497 e. The summed E-state index contributed by atoms with van der Waals surface area (Å²) in [6.45, 7) is 3.89. The molecule has 2 aromatic rings. The molecule has 0 aromatic heterocycles. The van der Waals surface area contributed by atoms with Crippen LogP contribution < -0.4 is 15.0 Å². The minimum absolute atomic E-state index is 0.151. The van der Waals surface area contributed by atoms with Gasteiger partial charge >= 0.3 is 0 Å². The minimum Gasteiger partial charge on any atom is -0.497 e. The molecule has 1 heterocycles. The summed E-state index contributed by atoms with van der Waals surface area (Å²) in [5.74, 6) is 0.340. The second-order valence-corrected chi connectivity index (χ2v) is 5.99. The molecule has 1 N–H and O–H groups in total. The van der Waals surface area contributed by atoms with E-state index >= 15 is 0 Å². The number of amides is 2. The van der Waals surface area contributed by atoms with Crippen molar-refractivity contribution in [1.29, 1.82) is 0 Å². The lowest BCUT2D eigenvalue weighted by atomic mass is 10.1. The number of nitrogens with zero attached hydrogens (tertiary/aromatic N) is 1. The second kappa shape index (κ2) is 6.35. The number of anilines is 2. The van der Waals surface area contributed by atoms with Gasteiger partial charge in [-0.1, -0.05) is 17.7 Å². The topological polar surface area (TPSA) is 58.6 Å². The molecule has 5 heteroatoms. The Morgan fingerprint density at radius 2 is 1.79 bits per heavy atom. The van der Waals surface area contributed by atoms with Gasteiger partial charge in [-0.2, -0.15) is 0 Å². The summed E-state index contributed by atoms with van der Waals surface area (Å²) in [7, 11) is 1.60. The number of benzene rings is 2. The molecule has 0 radical (unpaired) electrons. The number of carbonyl (C=O) groups is 2. The van der Waals surface area contributed by atoms with Gasteiger partial charge in [0, 0.05) is 5.69 Å². The molecule has 124 valence electrons. The first-order chi connectivity index (χ1) is 11.5. The van der Waals surface area contributed by atoms with Gasteiger partial charge in [0.25, 0.3) is 5.91 Å². The van der Waals surface area contributed by atoms with Gasteiger partial charge in [-0.25, -0.2) is 4.90 Å². The van der Waals surface area contributed by atoms with Crippen molar-refractivity contribution in [2.45, 2.75) is 26.3 Å². The molecule has 0 saturated carbocycles. The van der Waals surface area contributed by atoms with Crippen LogP contribution in [-0.2, 0) is 9.59 Å². The zero-order valence-electron chi connectivity index (χ0n) is 14.0. The standard InChI is InChI=1S/C19H20N2O3/c1-12-4-9-17(13(2)10-12)21-18(22)11-16(19(21)23)20-14-5-7-15(24-3)8-6-14/h4-10,16,20H,11H2,1-3H3/t16-/m0/s1. The van der Waals surface area contributed by atoms with Gasteiger partial charge in [0.1, 0.15) is 11.8 Å². The molecule has 24 heavy (non-hydrogen) atoms. The Hall–Kier alpha value is -2.82. The Morgan fingerprint density at radius 3 is 2.42 bits per heavy atom. The molecule has 2 aromatic carbocycles. The number of hydrogen-bond donors (Lipinski definition) is 1. The summed E-state index contributed by atoms with van der Waals surface area (Å²) in [6, 6.07) is 12.4. The van der Waals surface area contributed by atoms with Gasteiger partial charge in [-0.05, 0) is 49.7 Å². The Labute approximate surface area is 141 Å².